The second kappa shape index (κ2) is 35.1. The lowest BCUT2D eigenvalue weighted by Gasteiger charge is -2.27. The molecule has 0 unspecified atom stereocenters. The molecule has 0 saturated carbocycles. The number of nitrogens with two attached hydrogens (primary N) is 2. The molecule has 0 aromatic heterocycles. The number of carboxylic acids is 2. The summed E-state index contributed by atoms with van der Waals surface area (Å²) in [5.74, 6) is -5.83. The zero-order valence-corrected chi connectivity index (χ0v) is 47.7. The molecule has 0 aliphatic heterocycles. The van der Waals surface area contributed by atoms with Gasteiger partial charge in [-0.25, -0.2) is 0 Å². The van der Waals surface area contributed by atoms with Crippen molar-refractivity contribution in [2.24, 2.45) is 11.5 Å². The van der Waals surface area contributed by atoms with E-state index in [0.29, 0.717) is 51.9 Å². The molecule has 0 saturated heterocycles. The SMILES string of the molecule is CN(CCCC(=O)NCCCC[P+](c1ccccc1)(c1ccccc1)c1ccccc1)C(=N)N.CN(CCCC(=O)NCCCC[P+](c1ccccc1)(c1ccccc1)c1ccccc1)C(=N)N.O=C([O-])C(F)(F)F.O=C([O-])C(F)(F)F. The average Bonchev–Trinajstić information content (AvgIpc) is 3.58. The quantitative estimate of drug-likeness (QED) is 0.0145. The van der Waals surface area contributed by atoms with E-state index >= 15 is 0 Å². The summed E-state index contributed by atoms with van der Waals surface area (Å²) >= 11 is 0. The highest BCUT2D eigenvalue weighted by atomic mass is 31.2. The second-order valence-electron chi connectivity index (χ2n) is 18.6. The number of unbranched alkanes of at least 4 members (excludes halogenated alkanes) is 2. The van der Waals surface area contributed by atoms with Gasteiger partial charge in [-0.05, 0) is 111 Å². The van der Waals surface area contributed by atoms with Gasteiger partial charge in [-0.3, -0.25) is 20.4 Å². The van der Waals surface area contributed by atoms with Crippen molar-refractivity contribution in [2.45, 2.75) is 63.7 Å². The summed E-state index contributed by atoms with van der Waals surface area (Å²) in [5, 5.41) is 46.8. The first-order valence-electron chi connectivity index (χ1n) is 26.3. The van der Waals surface area contributed by atoms with Crippen molar-refractivity contribution in [3.8, 4) is 0 Å². The number of carbonyl (C=O) groups excluding carboxylic acids is 4. The topological polar surface area (TPSA) is 245 Å². The molecule has 14 nitrogen and oxygen atoms in total. The zero-order valence-electron chi connectivity index (χ0n) is 45.9. The number of nitrogens with zero attached hydrogens (tertiary/aromatic N) is 2. The van der Waals surface area contributed by atoms with E-state index in [2.05, 4.69) is 193 Å². The molecule has 0 fully saturated rings. The van der Waals surface area contributed by atoms with Crippen molar-refractivity contribution < 1.29 is 55.7 Å². The molecule has 0 aliphatic rings. The van der Waals surface area contributed by atoms with E-state index < -0.39 is 38.8 Å². The number of nitrogens with one attached hydrogen (secondary N) is 4. The summed E-state index contributed by atoms with van der Waals surface area (Å²) in [7, 11) is -0.0795. The van der Waals surface area contributed by atoms with Crippen LogP contribution in [0, 0.1) is 10.8 Å². The lowest BCUT2D eigenvalue weighted by Crippen LogP contribution is -2.37. The predicted octanol–water partition coefficient (Wildman–Crippen LogP) is 5.56. The summed E-state index contributed by atoms with van der Waals surface area (Å²) in [6, 6.07) is 65.4. The van der Waals surface area contributed by atoms with Gasteiger partial charge in [-0.2, -0.15) is 26.3 Å². The number of aliphatic carboxylic acids is 2. The molecule has 2 amide bonds. The van der Waals surface area contributed by atoms with Crippen LogP contribution in [-0.2, 0) is 19.2 Å². The maximum absolute atomic E-state index is 12.2. The minimum Gasteiger partial charge on any atom is -0.542 e. The highest BCUT2D eigenvalue weighted by Gasteiger charge is 2.46. The zero-order chi connectivity index (χ0) is 60.6. The van der Waals surface area contributed by atoms with E-state index in [1.54, 1.807) is 23.9 Å². The minimum atomic E-state index is -5.19. The number of hydrogen-bond donors (Lipinski definition) is 6. The molecule has 0 heterocycles. The van der Waals surface area contributed by atoms with Gasteiger partial charge in [0.2, 0.25) is 11.8 Å². The molecule has 0 atom stereocenters. The number of rotatable bonds is 24. The van der Waals surface area contributed by atoms with Crippen LogP contribution in [0.1, 0.15) is 51.4 Å². The smallest absolute Gasteiger partial charge is 0.430 e. The second-order valence-corrected chi connectivity index (χ2v) is 25.8. The monoisotopic (exact) mass is 1180 g/mol. The van der Waals surface area contributed by atoms with Gasteiger partial charge < -0.3 is 51.7 Å². The Morgan fingerprint density at radius 3 is 0.817 bits per heavy atom. The van der Waals surface area contributed by atoms with Crippen molar-refractivity contribution >= 4 is 82.0 Å². The lowest BCUT2D eigenvalue weighted by molar-refractivity contribution is -0.344. The van der Waals surface area contributed by atoms with Crippen LogP contribution in [0.5, 0.6) is 0 Å². The molecule has 22 heteroatoms. The van der Waals surface area contributed by atoms with E-state index in [9.17, 15) is 35.9 Å². The number of hydrogen-bond acceptors (Lipinski definition) is 8. The Balaban J connectivity index is 0.000000349. The molecule has 6 aromatic rings. The minimum absolute atomic E-state index is 0.0301. The summed E-state index contributed by atoms with van der Waals surface area (Å²) in [6.45, 7) is 2.58. The number of halogens is 6. The third-order valence-electron chi connectivity index (χ3n) is 12.7. The Morgan fingerprint density at radius 1 is 0.427 bits per heavy atom. The maximum atomic E-state index is 12.2. The maximum Gasteiger partial charge on any atom is 0.430 e. The first-order valence-corrected chi connectivity index (χ1v) is 30.2. The first kappa shape index (κ1) is 68.5. The van der Waals surface area contributed by atoms with Gasteiger partial charge in [0, 0.05) is 53.1 Å². The fourth-order valence-electron chi connectivity index (χ4n) is 8.54. The van der Waals surface area contributed by atoms with Gasteiger partial charge in [0.05, 0.1) is 12.3 Å². The molecule has 0 spiro atoms. The van der Waals surface area contributed by atoms with Crippen molar-refractivity contribution in [3.05, 3.63) is 182 Å². The Kier molecular flexibility index (Phi) is 29.3. The van der Waals surface area contributed by atoms with Crippen LogP contribution in [0.3, 0.4) is 0 Å². The van der Waals surface area contributed by atoms with Crippen molar-refractivity contribution in [1.29, 1.82) is 10.8 Å². The van der Waals surface area contributed by atoms with E-state index in [1.807, 2.05) is 0 Å². The molecule has 82 heavy (non-hydrogen) atoms. The van der Waals surface area contributed by atoms with Crippen LogP contribution in [0.2, 0.25) is 0 Å². The van der Waals surface area contributed by atoms with Gasteiger partial charge in [0.25, 0.3) is 0 Å². The number of carboxylic acid groups (broad SMARTS) is 2. The van der Waals surface area contributed by atoms with Gasteiger partial charge in [-0.1, -0.05) is 109 Å². The van der Waals surface area contributed by atoms with Gasteiger partial charge in [-0.15, -0.1) is 0 Å². The summed E-state index contributed by atoms with van der Waals surface area (Å²) in [5.41, 5.74) is 10.9. The van der Waals surface area contributed by atoms with Crippen molar-refractivity contribution in [3.63, 3.8) is 0 Å². The Labute approximate surface area is 477 Å². The number of benzene rings is 6. The molecule has 440 valence electrons. The fourth-order valence-corrected chi connectivity index (χ4v) is 17.4. The van der Waals surface area contributed by atoms with E-state index in [1.165, 1.54) is 31.8 Å². The average molecular weight is 1180 g/mol. The predicted molar refractivity (Wildman–Crippen MR) is 314 cm³/mol. The van der Waals surface area contributed by atoms with E-state index in [4.69, 9.17) is 42.1 Å². The van der Waals surface area contributed by atoms with Crippen LogP contribution >= 0.6 is 14.5 Å². The summed E-state index contributed by atoms with van der Waals surface area (Å²) in [6.07, 6.45) is -2.06. The van der Waals surface area contributed by atoms with E-state index in [-0.39, 0.29) is 23.7 Å². The Morgan fingerprint density at radius 2 is 0.634 bits per heavy atom. The number of guanidine groups is 2. The molecule has 6 aromatic carbocycles. The van der Waals surface area contributed by atoms with Crippen molar-refractivity contribution in [2.75, 3.05) is 52.6 Å². The molecule has 6 rings (SSSR count). The van der Waals surface area contributed by atoms with Gasteiger partial charge in [0.15, 0.2) is 11.9 Å². The third-order valence-corrected chi connectivity index (χ3v) is 21.8. The normalized spacial score (nSPS) is 11.1. The third kappa shape index (κ3) is 23.0. The Bertz CT molecular complexity index is 2460. The summed E-state index contributed by atoms with van der Waals surface area (Å²) < 4.78 is 63.1. The molecule has 0 aliphatic carbocycles. The van der Waals surface area contributed by atoms with Crippen LogP contribution in [-0.4, -0.2) is 110 Å². The van der Waals surface area contributed by atoms with Crippen LogP contribution < -0.4 is 64.1 Å². The van der Waals surface area contributed by atoms with Crippen LogP contribution in [0.4, 0.5) is 26.3 Å². The summed E-state index contributed by atoms with van der Waals surface area (Å²) in [4.78, 5) is 45.3. The van der Waals surface area contributed by atoms with Crippen LogP contribution in [0.15, 0.2) is 182 Å². The fraction of sp³-hybridized carbons (Fsp3) is 0.300. The van der Waals surface area contributed by atoms with E-state index in [0.717, 1.165) is 38.0 Å². The van der Waals surface area contributed by atoms with Gasteiger partial charge >= 0.3 is 12.4 Å². The standard InChI is InChI=1S/2C28H35N4OP.2C2HF3O2/c2*1-32(28(29)30)22-13-20-27(33)31-21-11-12-23-34(24-14-5-2-6-15-24,25-16-7-3-8-17-25)26-18-9-4-10-19-26;2*3-2(4,5)1(6)7/h2*2-10,14-19H,11-13,20-23H2,1H3,(H3-,29,30,31,33);2*(H,6,7). The molecular formula is C60H72F6N8O6P2. The molecule has 0 bridgehead atoms. The number of carbonyl (C=O) groups is 4. The number of alkyl halides is 6. The highest BCUT2D eigenvalue weighted by molar-refractivity contribution is 7.96. The molecular weight excluding hydrogens is 1100 g/mol. The highest BCUT2D eigenvalue weighted by Crippen LogP contribution is 2.57. The largest absolute Gasteiger partial charge is 0.542 e. The Hall–Kier alpha value is -7.82. The molecule has 8 N–H and O–H groups in total. The number of amides is 2. The van der Waals surface area contributed by atoms with Gasteiger partial charge in [0.1, 0.15) is 58.3 Å². The lowest BCUT2D eigenvalue weighted by atomic mass is 10.2. The van der Waals surface area contributed by atoms with Crippen molar-refractivity contribution in [1.82, 2.24) is 20.4 Å². The van der Waals surface area contributed by atoms with Crippen LogP contribution in [0.25, 0.3) is 0 Å². The molecule has 0 radical (unpaired) electrons. The first-order chi connectivity index (χ1) is 39.0.